The van der Waals surface area contributed by atoms with Crippen molar-refractivity contribution in [2.24, 2.45) is 0 Å². The first kappa shape index (κ1) is 19.1. The SMILES string of the molecule is Cc1ccc(COc2c(Cl)cc(CNc3ccc(Br)cc3)cc2Cl)cc1. The number of anilines is 1. The van der Waals surface area contributed by atoms with Gasteiger partial charge in [0.2, 0.25) is 0 Å². The maximum atomic E-state index is 6.39. The van der Waals surface area contributed by atoms with Crippen LogP contribution in [-0.4, -0.2) is 0 Å². The number of halogens is 3. The maximum Gasteiger partial charge on any atom is 0.156 e. The van der Waals surface area contributed by atoms with Crippen LogP contribution in [0.1, 0.15) is 16.7 Å². The lowest BCUT2D eigenvalue weighted by atomic mass is 10.1. The van der Waals surface area contributed by atoms with E-state index in [0.29, 0.717) is 28.9 Å². The molecule has 0 aliphatic heterocycles. The Kier molecular flexibility index (Phi) is 6.47. The first-order valence-electron chi connectivity index (χ1n) is 8.17. The van der Waals surface area contributed by atoms with Crippen molar-refractivity contribution in [3.05, 3.63) is 91.9 Å². The standard InChI is InChI=1S/C21H18BrCl2NO/c1-14-2-4-15(5-3-14)13-26-21-19(23)10-16(11-20(21)24)12-25-18-8-6-17(22)7-9-18/h2-11,25H,12-13H2,1H3. The van der Waals surface area contributed by atoms with Gasteiger partial charge in [0.15, 0.2) is 5.75 Å². The Morgan fingerprint density at radius 2 is 1.50 bits per heavy atom. The molecule has 0 aliphatic rings. The van der Waals surface area contributed by atoms with E-state index in [1.54, 1.807) is 0 Å². The molecule has 134 valence electrons. The van der Waals surface area contributed by atoms with E-state index < -0.39 is 0 Å². The highest BCUT2D eigenvalue weighted by atomic mass is 79.9. The van der Waals surface area contributed by atoms with Crippen molar-refractivity contribution in [2.75, 3.05) is 5.32 Å². The lowest BCUT2D eigenvalue weighted by Crippen LogP contribution is -2.01. The maximum absolute atomic E-state index is 6.39. The van der Waals surface area contributed by atoms with E-state index in [1.165, 1.54) is 5.56 Å². The number of ether oxygens (including phenoxy) is 1. The summed E-state index contributed by atoms with van der Waals surface area (Å²) in [5.41, 5.74) is 4.31. The second kappa shape index (κ2) is 8.81. The van der Waals surface area contributed by atoms with Gasteiger partial charge >= 0.3 is 0 Å². The zero-order valence-corrected chi connectivity index (χ0v) is 17.3. The summed E-state index contributed by atoms with van der Waals surface area (Å²) in [5, 5.41) is 4.37. The van der Waals surface area contributed by atoms with Crippen LogP contribution in [0.5, 0.6) is 5.75 Å². The smallest absolute Gasteiger partial charge is 0.156 e. The lowest BCUT2D eigenvalue weighted by molar-refractivity contribution is 0.306. The molecule has 3 aromatic carbocycles. The molecule has 26 heavy (non-hydrogen) atoms. The molecule has 0 bridgehead atoms. The highest BCUT2D eigenvalue weighted by Crippen LogP contribution is 2.35. The third kappa shape index (κ3) is 5.16. The average molecular weight is 451 g/mol. The van der Waals surface area contributed by atoms with Crippen LogP contribution in [0.15, 0.2) is 65.1 Å². The van der Waals surface area contributed by atoms with Gasteiger partial charge in [-0.1, -0.05) is 69.0 Å². The highest BCUT2D eigenvalue weighted by Gasteiger charge is 2.10. The van der Waals surface area contributed by atoms with Crippen molar-refractivity contribution in [1.29, 1.82) is 0 Å². The molecular weight excluding hydrogens is 433 g/mol. The highest BCUT2D eigenvalue weighted by molar-refractivity contribution is 9.10. The molecule has 0 heterocycles. The fourth-order valence-corrected chi connectivity index (χ4v) is 3.37. The van der Waals surface area contributed by atoms with E-state index in [4.69, 9.17) is 27.9 Å². The number of benzene rings is 3. The predicted octanol–water partition coefficient (Wildman–Crippen LogP) is 7.26. The summed E-state index contributed by atoms with van der Waals surface area (Å²) in [6.07, 6.45) is 0. The third-order valence-electron chi connectivity index (χ3n) is 3.90. The van der Waals surface area contributed by atoms with Gasteiger partial charge in [-0.3, -0.25) is 0 Å². The van der Waals surface area contributed by atoms with Crippen LogP contribution in [0.4, 0.5) is 5.69 Å². The number of nitrogens with one attached hydrogen (secondary N) is 1. The minimum Gasteiger partial charge on any atom is -0.486 e. The van der Waals surface area contributed by atoms with Gasteiger partial charge in [0.05, 0.1) is 10.0 Å². The Labute approximate surface area is 172 Å². The fourth-order valence-electron chi connectivity index (χ4n) is 2.46. The van der Waals surface area contributed by atoms with Crippen LogP contribution in [0, 0.1) is 6.92 Å². The Bertz CT molecular complexity index is 857. The molecule has 0 unspecified atom stereocenters. The van der Waals surface area contributed by atoms with E-state index >= 15 is 0 Å². The molecule has 0 amide bonds. The monoisotopic (exact) mass is 449 g/mol. The predicted molar refractivity (Wildman–Crippen MR) is 113 cm³/mol. The summed E-state index contributed by atoms with van der Waals surface area (Å²) >= 11 is 16.2. The zero-order valence-electron chi connectivity index (χ0n) is 14.2. The van der Waals surface area contributed by atoms with Crippen LogP contribution in [-0.2, 0) is 13.2 Å². The minimum absolute atomic E-state index is 0.427. The van der Waals surface area contributed by atoms with Gasteiger partial charge in [0, 0.05) is 16.7 Å². The molecule has 3 aromatic rings. The molecular formula is C21H18BrCl2NO. The zero-order chi connectivity index (χ0) is 18.5. The largest absolute Gasteiger partial charge is 0.486 e. The van der Waals surface area contributed by atoms with E-state index in [1.807, 2.05) is 48.5 Å². The van der Waals surface area contributed by atoms with Crippen LogP contribution >= 0.6 is 39.1 Å². The molecule has 0 radical (unpaired) electrons. The van der Waals surface area contributed by atoms with Crippen LogP contribution in [0.2, 0.25) is 10.0 Å². The third-order valence-corrected chi connectivity index (χ3v) is 4.99. The molecule has 5 heteroatoms. The summed E-state index contributed by atoms with van der Waals surface area (Å²) < 4.78 is 6.88. The van der Waals surface area contributed by atoms with Crippen molar-refractivity contribution in [3.8, 4) is 5.75 Å². The van der Waals surface area contributed by atoms with Crippen molar-refractivity contribution < 1.29 is 4.74 Å². The van der Waals surface area contributed by atoms with Crippen LogP contribution in [0.3, 0.4) is 0 Å². The number of rotatable bonds is 6. The van der Waals surface area contributed by atoms with Gasteiger partial charge in [-0.2, -0.15) is 0 Å². The molecule has 0 fully saturated rings. The average Bonchev–Trinajstić information content (AvgIpc) is 2.62. The summed E-state index contributed by atoms with van der Waals surface area (Å²) in [6, 6.07) is 19.9. The second-order valence-electron chi connectivity index (χ2n) is 6.02. The topological polar surface area (TPSA) is 21.3 Å². The number of aryl methyl sites for hydroxylation is 1. The van der Waals surface area contributed by atoms with Gasteiger partial charge in [-0.15, -0.1) is 0 Å². The first-order valence-corrected chi connectivity index (χ1v) is 9.72. The number of hydrogen-bond acceptors (Lipinski definition) is 2. The molecule has 1 N–H and O–H groups in total. The van der Waals surface area contributed by atoms with Crippen molar-refractivity contribution >= 4 is 44.8 Å². The molecule has 0 saturated heterocycles. The molecule has 0 saturated carbocycles. The van der Waals surface area contributed by atoms with E-state index in [9.17, 15) is 0 Å². The lowest BCUT2D eigenvalue weighted by Gasteiger charge is -2.13. The van der Waals surface area contributed by atoms with Crippen molar-refractivity contribution in [3.63, 3.8) is 0 Å². The summed E-state index contributed by atoms with van der Waals surface area (Å²) in [7, 11) is 0. The Morgan fingerprint density at radius 3 is 2.12 bits per heavy atom. The van der Waals surface area contributed by atoms with Gasteiger partial charge in [-0.25, -0.2) is 0 Å². The molecule has 0 aliphatic carbocycles. The van der Waals surface area contributed by atoms with Gasteiger partial charge in [0.1, 0.15) is 6.61 Å². The molecule has 0 spiro atoms. The molecule has 3 rings (SSSR count). The van der Waals surface area contributed by atoms with Crippen molar-refractivity contribution in [2.45, 2.75) is 20.1 Å². The van der Waals surface area contributed by atoms with Crippen molar-refractivity contribution in [1.82, 2.24) is 0 Å². The van der Waals surface area contributed by atoms with Crippen LogP contribution in [0.25, 0.3) is 0 Å². The Balaban J connectivity index is 1.65. The summed E-state index contributed by atoms with van der Waals surface area (Å²) in [4.78, 5) is 0. The molecule has 0 aromatic heterocycles. The minimum atomic E-state index is 0.427. The summed E-state index contributed by atoms with van der Waals surface area (Å²) in [6.45, 7) is 3.11. The second-order valence-corrected chi connectivity index (χ2v) is 7.75. The van der Waals surface area contributed by atoms with Gasteiger partial charge < -0.3 is 10.1 Å². The Morgan fingerprint density at radius 1 is 0.885 bits per heavy atom. The van der Waals surface area contributed by atoms with Gasteiger partial charge in [-0.05, 0) is 54.4 Å². The Hall–Kier alpha value is -1.68. The van der Waals surface area contributed by atoms with E-state index in [2.05, 4.69) is 40.3 Å². The van der Waals surface area contributed by atoms with E-state index in [-0.39, 0.29) is 0 Å². The molecule has 2 nitrogen and oxygen atoms in total. The summed E-state index contributed by atoms with van der Waals surface area (Å²) in [5.74, 6) is 0.515. The van der Waals surface area contributed by atoms with E-state index in [0.717, 1.165) is 21.3 Å². The number of hydrogen-bond donors (Lipinski definition) is 1. The fraction of sp³-hybridized carbons (Fsp3) is 0.143. The first-order chi connectivity index (χ1) is 12.5. The quantitative estimate of drug-likeness (QED) is 0.426. The normalized spacial score (nSPS) is 10.6. The van der Waals surface area contributed by atoms with Crippen LogP contribution < -0.4 is 10.1 Å². The molecule has 0 atom stereocenters. The van der Waals surface area contributed by atoms with Gasteiger partial charge in [0.25, 0.3) is 0 Å².